The van der Waals surface area contributed by atoms with E-state index < -0.39 is 5.54 Å². The van der Waals surface area contributed by atoms with Crippen LogP contribution in [-0.4, -0.2) is 34.3 Å². The van der Waals surface area contributed by atoms with E-state index in [4.69, 9.17) is 0 Å². The van der Waals surface area contributed by atoms with E-state index in [1.165, 1.54) is 6.42 Å². The third-order valence-corrected chi connectivity index (χ3v) is 4.54. The Balaban J connectivity index is 2.37. The van der Waals surface area contributed by atoms with Gasteiger partial charge >= 0.3 is 0 Å². The second kappa shape index (κ2) is 5.14. The number of rotatable bonds is 2. The smallest absolute Gasteiger partial charge is 0.246 e. The van der Waals surface area contributed by atoms with Crippen LogP contribution in [0.15, 0.2) is 0 Å². The molecule has 1 aliphatic carbocycles. The molecule has 1 N–H and O–H groups in total. The van der Waals surface area contributed by atoms with Gasteiger partial charge in [-0.05, 0) is 32.6 Å². The summed E-state index contributed by atoms with van der Waals surface area (Å²) in [7, 11) is 0. The summed E-state index contributed by atoms with van der Waals surface area (Å²) in [6, 6.07) is -0.277. The monoisotopic (exact) mass is 266 g/mol. The molecule has 1 heterocycles. The van der Waals surface area contributed by atoms with Crippen molar-refractivity contribution in [2.75, 3.05) is 0 Å². The van der Waals surface area contributed by atoms with Crippen molar-refractivity contribution in [2.45, 2.75) is 77.4 Å². The molecule has 0 bridgehead atoms. The molecule has 2 amide bonds. The SMILES string of the molecule is CC(C)C1NC(=O)C2(CCCCC2)N(C(C)C)C1=O. The zero-order valence-corrected chi connectivity index (χ0v) is 12.5. The first kappa shape index (κ1) is 14.4. The van der Waals surface area contributed by atoms with Gasteiger partial charge < -0.3 is 10.2 Å². The molecule has 0 aromatic heterocycles. The molecule has 19 heavy (non-hydrogen) atoms. The van der Waals surface area contributed by atoms with Gasteiger partial charge in [0, 0.05) is 6.04 Å². The van der Waals surface area contributed by atoms with E-state index in [2.05, 4.69) is 5.32 Å². The van der Waals surface area contributed by atoms with Crippen LogP contribution in [0, 0.1) is 5.92 Å². The second-order valence-electron chi connectivity index (χ2n) is 6.59. The Morgan fingerprint density at radius 3 is 2.16 bits per heavy atom. The van der Waals surface area contributed by atoms with E-state index >= 15 is 0 Å². The molecular weight excluding hydrogens is 240 g/mol. The van der Waals surface area contributed by atoms with Gasteiger partial charge in [0.05, 0.1) is 0 Å². The van der Waals surface area contributed by atoms with Crippen molar-refractivity contribution in [1.29, 1.82) is 0 Å². The highest BCUT2D eigenvalue weighted by molar-refractivity contribution is 6.00. The minimum Gasteiger partial charge on any atom is -0.342 e. The summed E-state index contributed by atoms with van der Waals surface area (Å²) in [6.45, 7) is 8.01. The maximum atomic E-state index is 12.7. The van der Waals surface area contributed by atoms with Crippen LogP contribution in [0.4, 0.5) is 0 Å². The molecule has 1 saturated heterocycles. The number of nitrogens with zero attached hydrogens (tertiary/aromatic N) is 1. The first-order valence-corrected chi connectivity index (χ1v) is 7.54. The zero-order chi connectivity index (χ0) is 14.2. The molecule has 4 nitrogen and oxygen atoms in total. The summed E-state index contributed by atoms with van der Waals surface area (Å²) >= 11 is 0. The molecular formula is C15H26N2O2. The van der Waals surface area contributed by atoms with Crippen LogP contribution >= 0.6 is 0 Å². The van der Waals surface area contributed by atoms with E-state index in [0.29, 0.717) is 0 Å². The molecule has 0 radical (unpaired) electrons. The lowest BCUT2D eigenvalue weighted by Crippen LogP contribution is -2.73. The Morgan fingerprint density at radius 1 is 1.11 bits per heavy atom. The molecule has 2 rings (SSSR count). The predicted molar refractivity (Wildman–Crippen MR) is 74.6 cm³/mol. The van der Waals surface area contributed by atoms with Crippen LogP contribution in [0.3, 0.4) is 0 Å². The normalized spacial score (nSPS) is 27.3. The maximum Gasteiger partial charge on any atom is 0.246 e. The molecule has 1 spiro atoms. The summed E-state index contributed by atoms with van der Waals surface area (Å²) in [5.74, 6) is 0.310. The van der Waals surface area contributed by atoms with E-state index in [0.717, 1.165) is 25.7 Å². The Bertz CT molecular complexity index is 370. The minimum absolute atomic E-state index is 0.0687. The Hall–Kier alpha value is -1.06. The van der Waals surface area contributed by atoms with E-state index in [-0.39, 0.29) is 29.8 Å². The summed E-state index contributed by atoms with van der Waals surface area (Å²) < 4.78 is 0. The van der Waals surface area contributed by atoms with Crippen LogP contribution in [0.2, 0.25) is 0 Å². The van der Waals surface area contributed by atoms with Crippen molar-refractivity contribution in [3.8, 4) is 0 Å². The fourth-order valence-corrected chi connectivity index (χ4v) is 3.61. The second-order valence-corrected chi connectivity index (χ2v) is 6.59. The molecule has 1 unspecified atom stereocenters. The fraction of sp³-hybridized carbons (Fsp3) is 0.867. The Kier molecular flexibility index (Phi) is 3.88. The van der Waals surface area contributed by atoms with Crippen molar-refractivity contribution in [1.82, 2.24) is 10.2 Å². The topological polar surface area (TPSA) is 49.4 Å². The lowest BCUT2D eigenvalue weighted by molar-refractivity contribution is -0.164. The van der Waals surface area contributed by atoms with Crippen molar-refractivity contribution >= 4 is 11.8 Å². The first-order chi connectivity index (χ1) is 8.90. The number of nitrogens with one attached hydrogen (secondary N) is 1. The number of carbonyl (C=O) groups excluding carboxylic acids is 2. The number of amides is 2. The number of carbonyl (C=O) groups is 2. The van der Waals surface area contributed by atoms with Crippen molar-refractivity contribution in [2.24, 2.45) is 5.92 Å². The summed E-state index contributed by atoms with van der Waals surface area (Å²) in [5, 5.41) is 2.98. The fourth-order valence-electron chi connectivity index (χ4n) is 3.61. The van der Waals surface area contributed by atoms with Gasteiger partial charge in [0.1, 0.15) is 11.6 Å². The summed E-state index contributed by atoms with van der Waals surface area (Å²) in [4.78, 5) is 27.3. The molecule has 4 heteroatoms. The predicted octanol–water partition coefficient (Wildman–Crippen LogP) is 2.08. The van der Waals surface area contributed by atoms with Gasteiger partial charge in [-0.3, -0.25) is 9.59 Å². The van der Waals surface area contributed by atoms with Crippen LogP contribution in [0.25, 0.3) is 0 Å². The molecule has 1 atom stereocenters. The minimum atomic E-state index is -0.575. The van der Waals surface area contributed by atoms with Gasteiger partial charge in [-0.25, -0.2) is 0 Å². The highest BCUT2D eigenvalue weighted by atomic mass is 16.2. The van der Waals surface area contributed by atoms with Crippen LogP contribution in [0.1, 0.15) is 59.8 Å². The highest BCUT2D eigenvalue weighted by Crippen LogP contribution is 2.38. The Labute approximate surface area is 115 Å². The highest BCUT2D eigenvalue weighted by Gasteiger charge is 2.53. The van der Waals surface area contributed by atoms with E-state index in [1.54, 1.807) is 0 Å². The zero-order valence-electron chi connectivity index (χ0n) is 12.5. The standard InChI is InChI=1S/C15H26N2O2/c1-10(2)12-13(18)17(11(3)4)15(14(19)16-12)8-6-5-7-9-15/h10-12H,5-9H2,1-4H3,(H,16,19). The van der Waals surface area contributed by atoms with Crippen molar-refractivity contribution in [3.63, 3.8) is 0 Å². The van der Waals surface area contributed by atoms with Gasteiger partial charge in [-0.1, -0.05) is 33.1 Å². The van der Waals surface area contributed by atoms with Crippen LogP contribution in [0.5, 0.6) is 0 Å². The van der Waals surface area contributed by atoms with Gasteiger partial charge in [-0.2, -0.15) is 0 Å². The summed E-state index contributed by atoms with van der Waals surface area (Å²) in [6.07, 6.45) is 4.87. The average Bonchev–Trinajstić information content (AvgIpc) is 2.34. The quantitative estimate of drug-likeness (QED) is 0.832. The molecule has 0 aromatic carbocycles. The first-order valence-electron chi connectivity index (χ1n) is 7.54. The Morgan fingerprint density at radius 2 is 1.68 bits per heavy atom. The van der Waals surface area contributed by atoms with Crippen molar-refractivity contribution < 1.29 is 9.59 Å². The molecule has 2 fully saturated rings. The largest absolute Gasteiger partial charge is 0.342 e. The van der Waals surface area contributed by atoms with Crippen LogP contribution < -0.4 is 5.32 Å². The maximum absolute atomic E-state index is 12.7. The number of piperazine rings is 1. The number of hydrogen-bond acceptors (Lipinski definition) is 2. The third kappa shape index (κ3) is 2.26. The lowest BCUT2D eigenvalue weighted by atomic mass is 9.76. The molecule has 0 aromatic rings. The third-order valence-electron chi connectivity index (χ3n) is 4.54. The van der Waals surface area contributed by atoms with Gasteiger partial charge in [0.15, 0.2) is 0 Å². The average molecular weight is 266 g/mol. The number of hydrogen-bond donors (Lipinski definition) is 1. The summed E-state index contributed by atoms with van der Waals surface area (Å²) in [5.41, 5.74) is -0.575. The van der Waals surface area contributed by atoms with Crippen LogP contribution in [-0.2, 0) is 9.59 Å². The molecule has 2 aliphatic rings. The van der Waals surface area contributed by atoms with Gasteiger partial charge in [-0.15, -0.1) is 0 Å². The molecule has 1 saturated carbocycles. The molecule has 108 valence electrons. The lowest BCUT2D eigenvalue weighted by Gasteiger charge is -2.52. The van der Waals surface area contributed by atoms with E-state index in [9.17, 15) is 9.59 Å². The van der Waals surface area contributed by atoms with E-state index in [1.807, 2.05) is 32.6 Å². The van der Waals surface area contributed by atoms with Crippen molar-refractivity contribution in [3.05, 3.63) is 0 Å². The van der Waals surface area contributed by atoms with Gasteiger partial charge in [0.25, 0.3) is 0 Å². The van der Waals surface area contributed by atoms with Gasteiger partial charge in [0.2, 0.25) is 11.8 Å². The molecule has 1 aliphatic heterocycles.